The smallest absolute Gasteiger partial charge is 0.228 e. The zero-order valence-electron chi connectivity index (χ0n) is 14.7. The summed E-state index contributed by atoms with van der Waals surface area (Å²) in [7, 11) is 1.86. The van der Waals surface area contributed by atoms with Crippen LogP contribution in [0.25, 0.3) is 0 Å². The first kappa shape index (κ1) is 16.1. The Balaban J connectivity index is 1.35. The standard InChI is InChI=1S/C20H28N2O2/c1-14(13-17(23)22(2)15-7-4-3-5-8-15)21-18-16-9-12-24-19(16)20(18)10-6-11-20/h3-5,7-8,14,16,18-19,21H,6,9-13H2,1-2H3/t14-,16+,18-,19-/m1/s1. The molecule has 4 nitrogen and oxygen atoms in total. The van der Waals surface area contributed by atoms with Gasteiger partial charge in [-0.3, -0.25) is 4.79 Å². The normalized spacial score (nSPS) is 31.0. The van der Waals surface area contributed by atoms with Gasteiger partial charge < -0.3 is 15.0 Å². The van der Waals surface area contributed by atoms with Gasteiger partial charge in [-0.1, -0.05) is 24.6 Å². The highest BCUT2D eigenvalue weighted by Gasteiger charge is 2.66. The Morgan fingerprint density at radius 3 is 2.79 bits per heavy atom. The molecule has 3 aliphatic rings. The first-order valence-corrected chi connectivity index (χ1v) is 9.31. The van der Waals surface area contributed by atoms with E-state index in [1.165, 1.54) is 25.7 Å². The van der Waals surface area contributed by atoms with E-state index in [1.807, 2.05) is 37.4 Å². The van der Waals surface area contributed by atoms with Crippen LogP contribution in [0.5, 0.6) is 0 Å². The van der Waals surface area contributed by atoms with E-state index in [9.17, 15) is 4.79 Å². The molecule has 4 heteroatoms. The number of ether oxygens (including phenoxy) is 1. The Hall–Kier alpha value is -1.39. The molecule has 1 heterocycles. The number of anilines is 1. The fourth-order valence-corrected chi connectivity index (χ4v) is 5.05. The minimum atomic E-state index is 0.169. The number of carbonyl (C=O) groups is 1. The predicted molar refractivity (Wildman–Crippen MR) is 95.0 cm³/mol. The highest BCUT2D eigenvalue weighted by Crippen LogP contribution is 2.62. The van der Waals surface area contributed by atoms with Gasteiger partial charge in [-0.05, 0) is 38.3 Å². The SMILES string of the molecule is C[C@H](CC(=O)N(C)c1ccccc1)N[C@@H]1[C@@H]2CCO[C@H]2C12CCC2. The number of para-hydroxylation sites is 1. The molecule has 1 aromatic carbocycles. The average molecular weight is 328 g/mol. The van der Waals surface area contributed by atoms with Crippen molar-refractivity contribution in [1.29, 1.82) is 0 Å². The van der Waals surface area contributed by atoms with Crippen molar-refractivity contribution in [3.05, 3.63) is 30.3 Å². The molecular weight excluding hydrogens is 300 g/mol. The zero-order chi connectivity index (χ0) is 16.7. The van der Waals surface area contributed by atoms with Crippen LogP contribution in [0.3, 0.4) is 0 Å². The number of hydrogen-bond donors (Lipinski definition) is 1. The van der Waals surface area contributed by atoms with E-state index in [0.29, 0.717) is 29.9 Å². The quantitative estimate of drug-likeness (QED) is 0.903. The van der Waals surface area contributed by atoms with E-state index >= 15 is 0 Å². The number of nitrogens with one attached hydrogen (secondary N) is 1. The second-order valence-corrected chi connectivity index (χ2v) is 7.87. The highest BCUT2D eigenvalue weighted by atomic mass is 16.5. The van der Waals surface area contributed by atoms with Crippen LogP contribution in [0, 0.1) is 11.3 Å². The Kier molecular flexibility index (Phi) is 4.13. The maximum atomic E-state index is 12.6. The Labute approximate surface area is 144 Å². The Bertz CT molecular complexity index is 599. The molecule has 1 saturated heterocycles. The van der Waals surface area contributed by atoms with Crippen LogP contribution in [0.2, 0.25) is 0 Å². The average Bonchev–Trinajstić information content (AvgIpc) is 2.96. The first-order chi connectivity index (χ1) is 11.6. The van der Waals surface area contributed by atoms with Crippen LogP contribution in [0.4, 0.5) is 5.69 Å². The number of benzene rings is 1. The summed E-state index contributed by atoms with van der Waals surface area (Å²) < 4.78 is 5.98. The lowest BCUT2D eigenvalue weighted by atomic mass is 9.46. The molecule has 4 rings (SSSR count). The van der Waals surface area contributed by atoms with Gasteiger partial charge in [-0.2, -0.15) is 0 Å². The molecule has 0 bridgehead atoms. The highest BCUT2D eigenvalue weighted by molar-refractivity contribution is 5.93. The van der Waals surface area contributed by atoms with Crippen molar-refractivity contribution in [2.45, 2.75) is 57.2 Å². The Morgan fingerprint density at radius 2 is 2.12 bits per heavy atom. The number of hydrogen-bond acceptors (Lipinski definition) is 3. The minimum Gasteiger partial charge on any atom is -0.377 e. The summed E-state index contributed by atoms with van der Waals surface area (Å²) in [5.41, 5.74) is 1.34. The largest absolute Gasteiger partial charge is 0.377 e. The van der Waals surface area contributed by atoms with Crippen LogP contribution >= 0.6 is 0 Å². The minimum absolute atomic E-state index is 0.169. The topological polar surface area (TPSA) is 41.6 Å². The van der Waals surface area contributed by atoms with E-state index < -0.39 is 0 Å². The van der Waals surface area contributed by atoms with Gasteiger partial charge in [0, 0.05) is 49.2 Å². The van der Waals surface area contributed by atoms with Crippen molar-refractivity contribution in [2.24, 2.45) is 11.3 Å². The molecule has 0 aromatic heterocycles. The van der Waals surface area contributed by atoms with E-state index in [-0.39, 0.29) is 11.9 Å². The third kappa shape index (κ3) is 2.47. The summed E-state index contributed by atoms with van der Waals surface area (Å²) >= 11 is 0. The van der Waals surface area contributed by atoms with Crippen molar-refractivity contribution in [3.8, 4) is 0 Å². The van der Waals surface area contributed by atoms with Crippen LogP contribution in [0.1, 0.15) is 39.0 Å². The predicted octanol–water partition coefficient (Wildman–Crippen LogP) is 2.98. The first-order valence-electron chi connectivity index (χ1n) is 9.31. The lowest BCUT2D eigenvalue weighted by Gasteiger charge is -2.64. The van der Waals surface area contributed by atoms with E-state index in [4.69, 9.17) is 4.74 Å². The van der Waals surface area contributed by atoms with Gasteiger partial charge in [0.2, 0.25) is 5.91 Å². The van der Waals surface area contributed by atoms with Gasteiger partial charge in [-0.15, -0.1) is 0 Å². The second kappa shape index (κ2) is 6.16. The second-order valence-electron chi connectivity index (χ2n) is 7.87. The summed E-state index contributed by atoms with van der Waals surface area (Å²) in [4.78, 5) is 14.3. The molecule has 1 N–H and O–H groups in total. The van der Waals surface area contributed by atoms with Crippen LogP contribution < -0.4 is 10.2 Å². The van der Waals surface area contributed by atoms with Gasteiger partial charge in [0.1, 0.15) is 0 Å². The van der Waals surface area contributed by atoms with Gasteiger partial charge in [0.05, 0.1) is 6.10 Å². The molecule has 2 aliphatic carbocycles. The summed E-state index contributed by atoms with van der Waals surface area (Å²) in [6.07, 6.45) is 6.10. The number of carbonyl (C=O) groups excluding carboxylic acids is 1. The number of fused-ring (bicyclic) bond motifs is 2. The molecule has 24 heavy (non-hydrogen) atoms. The maximum Gasteiger partial charge on any atom is 0.228 e. The van der Waals surface area contributed by atoms with Crippen molar-refractivity contribution in [1.82, 2.24) is 5.32 Å². The van der Waals surface area contributed by atoms with Gasteiger partial charge in [0.15, 0.2) is 0 Å². The molecule has 1 spiro atoms. The fourth-order valence-electron chi connectivity index (χ4n) is 5.05. The van der Waals surface area contributed by atoms with E-state index in [0.717, 1.165) is 12.3 Å². The van der Waals surface area contributed by atoms with Crippen molar-refractivity contribution in [3.63, 3.8) is 0 Å². The van der Waals surface area contributed by atoms with Gasteiger partial charge >= 0.3 is 0 Å². The number of rotatable bonds is 5. The van der Waals surface area contributed by atoms with Crippen molar-refractivity contribution < 1.29 is 9.53 Å². The molecule has 130 valence electrons. The van der Waals surface area contributed by atoms with E-state index in [1.54, 1.807) is 4.90 Å². The van der Waals surface area contributed by atoms with Gasteiger partial charge in [-0.25, -0.2) is 0 Å². The fraction of sp³-hybridized carbons (Fsp3) is 0.650. The summed E-state index contributed by atoms with van der Waals surface area (Å²) in [5.74, 6) is 0.831. The summed E-state index contributed by atoms with van der Waals surface area (Å²) in [6, 6.07) is 10.6. The van der Waals surface area contributed by atoms with E-state index in [2.05, 4.69) is 12.2 Å². The molecule has 1 amide bonds. The summed E-state index contributed by atoms with van der Waals surface area (Å²) in [6.45, 7) is 3.06. The van der Waals surface area contributed by atoms with Crippen LogP contribution in [0.15, 0.2) is 30.3 Å². The monoisotopic (exact) mass is 328 g/mol. The number of nitrogens with zero attached hydrogens (tertiary/aromatic N) is 1. The molecule has 2 saturated carbocycles. The molecule has 0 unspecified atom stereocenters. The lowest BCUT2D eigenvalue weighted by Crippen LogP contribution is -2.72. The zero-order valence-corrected chi connectivity index (χ0v) is 14.7. The number of amides is 1. The third-order valence-electron chi connectivity index (χ3n) is 6.50. The van der Waals surface area contributed by atoms with Crippen molar-refractivity contribution >= 4 is 11.6 Å². The molecule has 4 atom stereocenters. The van der Waals surface area contributed by atoms with Crippen LogP contribution in [-0.4, -0.2) is 37.7 Å². The molecule has 1 aliphatic heterocycles. The molecule has 3 fully saturated rings. The van der Waals surface area contributed by atoms with Gasteiger partial charge in [0.25, 0.3) is 0 Å². The molecule has 0 radical (unpaired) electrons. The maximum absolute atomic E-state index is 12.6. The lowest BCUT2D eigenvalue weighted by molar-refractivity contribution is -0.178. The summed E-state index contributed by atoms with van der Waals surface area (Å²) in [5, 5.41) is 3.79. The van der Waals surface area contributed by atoms with Crippen LogP contribution in [-0.2, 0) is 9.53 Å². The molecular formula is C20H28N2O2. The third-order valence-corrected chi connectivity index (χ3v) is 6.50. The van der Waals surface area contributed by atoms with Crippen molar-refractivity contribution in [2.75, 3.05) is 18.6 Å². The Morgan fingerprint density at radius 1 is 1.38 bits per heavy atom. The molecule has 1 aromatic rings.